The van der Waals surface area contributed by atoms with Gasteiger partial charge in [-0.05, 0) is 18.2 Å². The fraction of sp³-hybridized carbons (Fsp3) is 0.308. The van der Waals surface area contributed by atoms with Gasteiger partial charge < -0.3 is 5.73 Å². The van der Waals surface area contributed by atoms with Gasteiger partial charge in [0.15, 0.2) is 0 Å². The molecule has 1 heterocycles. The first-order chi connectivity index (χ1) is 8.30. The van der Waals surface area contributed by atoms with Crippen molar-refractivity contribution < 1.29 is 4.39 Å². The number of benzene rings is 1. The largest absolute Gasteiger partial charge is 0.382 e. The van der Waals surface area contributed by atoms with E-state index in [-0.39, 0.29) is 11.2 Å². The van der Waals surface area contributed by atoms with Crippen LogP contribution in [-0.4, -0.2) is 9.78 Å². The van der Waals surface area contributed by atoms with Crippen LogP contribution >= 0.6 is 11.6 Å². The van der Waals surface area contributed by atoms with Crippen molar-refractivity contribution in [3.63, 3.8) is 0 Å². The van der Waals surface area contributed by atoms with E-state index < -0.39 is 0 Å². The molecule has 2 aromatic rings. The summed E-state index contributed by atoms with van der Waals surface area (Å²) in [6.07, 6.45) is 0. The van der Waals surface area contributed by atoms with Gasteiger partial charge in [0.1, 0.15) is 16.7 Å². The SMILES string of the molecule is CC(C)(C)c1nn(-c2cccc(F)c2)c(N)c1Cl. The zero-order chi connectivity index (χ0) is 13.5. The molecule has 96 valence electrons. The van der Waals surface area contributed by atoms with E-state index in [1.807, 2.05) is 20.8 Å². The van der Waals surface area contributed by atoms with Crippen LogP contribution in [0.4, 0.5) is 10.2 Å². The lowest BCUT2D eigenvalue weighted by molar-refractivity contribution is 0.560. The summed E-state index contributed by atoms with van der Waals surface area (Å²) in [6, 6.07) is 6.08. The molecule has 0 aliphatic rings. The van der Waals surface area contributed by atoms with Crippen LogP contribution in [0.5, 0.6) is 0 Å². The van der Waals surface area contributed by atoms with Crippen molar-refractivity contribution in [2.45, 2.75) is 26.2 Å². The minimum absolute atomic E-state index is 0.218. The van der Waals surface area contributed by atoms with Crippen LogP contribution in [0.1, 0.15) is 26.5 Å². The van der Waals surface area contributed by atoms with Crippen LogP contribution in [0, 0.1) is 5.82 Å². The summed E-state index contributed by atoms with van der Waals surface area (Å²) in [5, 5.41) is 4.81. The summed E-state index contributed by atoms with van der Waals surface area (Å²) in [6.45, 7) is 5.99. The van der Waals surface area contributed by atoms with E-state index in [4.69, 9.17) is 17.3 Å². The van der Waals surface area contributed by atoms with Gasteiger partial charge in [-0.1, -0.05) is 38.4 Å². The van der Waals surface area contributed by atoms with Crippen molar-refractivity contribution in [3.8, 4) is 5.69 Å². The van der Waals surface area contributed by atoms with Crippen LogP contribution in [0.2, 0.25) is 5.02 Å². The summed E-state index contributed by atoms with van der Waals surface area (Å²) in [4.78, 5) is 0. The molecular formula is C13H15ClFN3. The standard InChI is InChI=1S/C13H15ClFN3/c1-13(2,3)11-10(14)12(16)18(17-11)9-6-4-5-8(15)7-9/h4-7H,16H2,1-3H3. The Kier molecular flexibility index (Phi) is 3.07. The van der Waals surface area contributed by atoms with E-state index in [0.717, 1.165) is 0 Å². The number of rotatable bonds is 1. The predicted octanol–water partition coefficient (Wildman–Crippen LogP) is 3.54. The predicted molar refractivity (Wildman–Crippen MR) is 71.6 cm³/mol. The molecule has 2 rings (SSSR count). The van der Waals surface area contributed by atoms with Crippen molar-refractivity contribution >= 4 is 17.4 Å². The van der Waals surface area contributed by atoms with Crippen LogP contribution < -0.4 is 5.73 Å². The molecule has 1 aromatic carbocycles. The molecule has 1 aromatic heterocycles. The van der Waals surface area contributed by atoms with Crippen molar-refractivity contribution in [3.05, 3.63) is 40.8 Å². The van der Waals surface area contributed by atoms with Gasteiger partial charge in [-0.15, -0.1) is 0 Å². The number of halogens is 2. The summed E-state index contributed by atoms with van der Waals surface area (Å²) < 4.78 is 14.7. The first-order valence-corrected chi connectivity index (χ1v) is 5.99. The molecule has 0 saturated carbocycles. The van der Waals surface area contributed by atoms with Gasteiger partial charge >= 0.3 is 0 Å². The molecule has 0 radical (unpaired) electrons. The molecule has 0 fully saturated rings. The molecule has 3 nitrogen and oxygen atoms in total. The molecule has 0 aliphatic carbocycles. The molecule has 0 aliphatic heterocycles. The Labute approximate surface area is 110 Å². The maximum atomic E-state index is 13.2. The Morgan fingerprint density at radius 1 is 1.33 bits per heavy atom. The number of hydrogen-bond donors (Lipinski definition) is 1. The van der Waals surface area contributed by atoms with Gasteiger partial charge in [0.05, 0.1) is 11.4 Å². The van der Waals surface area contributed by atoms with Crippen molar-refractivity contribution in [1.82, 2.24) is 9.78 Å². The van der Waals surface area contributed by atoms with Crippen molar-refractivity contribution in [1.29, 1.82) is 0 Å². The third kappa shape index (κ3) is 2.20. The minimum Gasteiger partial charge on any atom is -0.382 e. The van der Waals surface area contributed by atoms with E-state index in [2.05, 4.69) is 5.10 Å². The number of aromatic nitrogens is 2. The van der Waals surface area contributed by atoms with Gasteiger partial charge in [-0.2, -0.15) is 5.10 Å². The molecule has 0 unspecified atom stereocenters. The second kappa shape index (κ2) is 4.28. The molecule has 18 heavy (non-hydrogen) atoms. The summed E-state index contributed by atoms with van der Waals surface area (Å²) in [5.41, 5.74) is 6.97. The van der Waals surface area contributed by atoms with Crippen molar-refractivity contribution in [2.75, 3.05) is 5.73 Å². The normalized spacial score (nSPS) is 11.8. The third-order valence-electron chi connectivity index (χ3n) is 2.62. The quantitative estimate of drug-likeness (QED) is 0.859. The number of nitrogen functional groups attached to an aromatic ring is 1. The minimum atomic E-state index is -0.337. The fourth-order valence-electron chi connectivity index (χ4n) is 1.70. The first-order valence-electron chi connectivity index (χ1n) is 5.61. The van der Waals surface area contributed by atoms with Gasteiger partial charge in [0.25, 0.3) is 0 Å². The van der Waals surface area contributed by atoms with E-state index in [1.165, 1.54) is 16.8 Å². The van der Waals surface area contributed by atoms with Crippen LogP contribution in [0.3, 0.4) is 0 Å². The summed E-state index contributed by atoms with van der Waals surface area (Å²) in [5.74, 6) is -0.0111. The maximum Gasteiger partial charge on any atom is 0.146 e. The van der Waals surface area contributed by atoms with E-state index in [1.54, 1.807) is 12.1 Å². The number of hydrogen-bond acceptors (Lipinski definition) is 2. The lowest BCUT2D eigenvalue weighted by atomic mass is 9.92. The third-order valence-corrected chi connectivity index (χ3v) is 3.00. The first kappa shape index (κ1) is 12.9. The van der Waals surface area contributed by atoms with Crippen LogP contribution in [-0.2, 0) is 5.41 Å². The van der Waals surface area contributed by atoms with E-state index in [0.29, 0.717) is 22.2 Å². The lowest BCUT2D eigenvalue weighted by Crippen LogP contribution is -2.13. The number of nitrogens with two attached hydrogens (primary N) is 1. The lowest BCUT2D eigenvalue weighted by Gasteiger charge is -2.15. The highest BCUT2D eigenvalue weighted by Gasteiger charge is 2.25. The second-order valence-corrected chi connectivity index (χ2v) is 5.57. The topological polar surface area (TPSA) is 43.8 Å². The molecular weight excluding hydrogens is 253 g/mol. The molecule has 0 saturated heterocycles. The zero-order valence-electron chi connectivity index (χ0n) is 10.5. The second-order valence-electron chi connectivity index (χ2n) is 5.19. The highest BCUT2D eigenvalue weighted by atomic mass is 35.5. The maximum absolute atomic E-state index is 13.2. The highest BCUT2D eigenvalue weighted by Crippen LogP contribution is 2.33. The average molecular weight is 268 g/mol. The molecule has 0 atom stereocenters. The van der Waals surface area contributed by atoms with E-state index >= 15 is 0 Å². The Hall–Kier alpha value is -1.55. The molecule has 0 amide bonds. The molecule has 2 N–H and O–H groups in total. The number of anilines is 1. The average Bonchev–Trinajstić information content (AvgIpc) is 2.55. The smallest absolute Gasteiger partial charge is 0.146 e. The highest BCUT2D eigenvalue weighted by molar-refractivity contribution is 6.33. The monoisotopic (exact) mass is 267 g/mol. The van der Waals surface area contributed by atoms with Crippen LogP contribution in [0.15, 0.2) is 24.3 Å². The van der Waals surface area contributed by atoms with E-state index in [9.17, 15) is 4.39 Å². The zero-order valence-corrected chi connectivity index (χ0v) is 11.3. The molecule has 0 spiro atoms. The molecule has 5 heteroatoms. The fourth-order valence-corrected chi connectivity index (χ4v) is 2.10. The number of nitrogens with zero attached hydrogens (tertiary/aromatic N) is 2. The van der Waals surface area contributed by atoms with Gasteiger partial charge in [-0.3, -0.25) is 0 Å². The summed E-state index contributed by atoms with van der Waals surface area (Å²) >= 11 is 6.19. The Bertz CT molecular complexity index is 584. The van der Waals surface area contributed by atoms with Gasteiger partial charge in [-0.25, -0.2) is 9.07 Å². The molecule has 0 bridgehead atoms. The van der Waals surface area contributed by atoms with Gasteiger partial charge in [0, 0.05) is 5.41 Å². The summed E-state index contributed by atoms with van der Waals surface area (Å²) in [7, 11) is 0. The van der Waals surface area contributed by atoms with Crippen LogP contribution in [0.25, 0.3) is 5.69 Å². The Morgan fingerprint density at radius 3 is 2.50 bits per heavy atom. The Morgan fingerprint density at radius 2 is 2.00 bits per heavy atom. The Balaban J connectivity index is 2.60. The van der Waals surface area contributed by atoms with Crippen molar-refractivity contribution in [2.24, 2.45) is 0 Å². The van der Waals surface area contributed by atoms with Gasteiger partial charge in [0.2, 0.25) is 0 Å².